The lowest BCUT2D eigenvalue weighted by Gasteiger charge is -2.44. The Morgan fingerprint density at radius 2 is 2.00 bits per heavy atom. The Bertz CT molecular complexity index is 1020. The van der Waals surface area contributed by atoms with E-state index in [1.54, 1.807) is 0 Å². The highest BCUT2D eigenvalue weighted by Crippen LogP contribution is 2.46. The molecule has 5 rings (SSSR count). The van der Waals surface area contributed by atoms with Crippen LogP contribution in [0.25, 0.3) is 0 Å². The normalized spacial score (nSPS) is 22.9. The Labute approximate surface area is 190 Å². The van der Waals surface area contributed by atoms with E-state index in [4.69, 9.17) is 9.15 Å². The molecule has 2 aliphatic heterocycles. The van der Waals surface area contributed by atoms with Crippen LogP contribution in [0.5, 0.6) is 0 Å². The predicted octanol–water partition coefficient (Wildman–Crippen LogP) is 4.70. The van der Waals surface area contributed by atoms with Crippen LogP contribution in [0, 0.1) is 12.8 Å². The van der Waals surface area contributed by atoms with Gasteiger partial charge in [-0.15, -0.1) is 0 Å². The number of carbonyl (C=O) groups excluding carboxylic acids is 1. The molecule has 1 atom stereocenters. The van der Waals surface area contributed by atoms with Crippen molar-refractivity contribution in [3.8, 4) is 0 Å². The highest BCUT2D eigenvalue weighted by atomic mass is 16.5. The molecule has 1 saturated heterocycles. The molecule has 1 aromatic heterocycles. The Morgan fingerprint density at radius 1 is 1.22 bits per heavy atom. The minimum absolute atomic E-state index is 0.0404. The molecule has 2 fully saturated rings. The topological polar surface area (TPSA) is 58.8 Å². The quantitative estimate of drug-likeness (QED) is 0.694. The summed E-state index contributed by atoms with van der Waals surface area (Å²) < 4.78 is 11.6. The average Bonchev–Trinajstić information content (AvgIpc) is 3.51. The highest BCUT2D eigenvalue weighted by molar-refractivity contribution is 5.92. The molecule has 1 saturated carbocycles. The summed E-state index contributed by atoms with van der Waals surface area (Å²) in [6.45, 7) is 13.7. The van der Waals surface area contributed by atoms with E-state index >= 15 is 0 Å². The van der Waals surface area contributed by atoms with Crippen LogP contribution in [-0.2, 0) is 17.8 Å². The number of nitrogens with zero attached hydrogens (tertiary/aromatic N) is 3. The largest absolute Gasteiger partial charge is 0.438 e. The predicted molar refractivity (Wildman–Crippen MR) is 124 cm³/mol. The van der Waals surface area contributed by atoms with E-state index < -0.39 is 0 Å². The van der Waals surface area contributed by atoms with Gasteiger partial charge in [0.25, 0.3) is 5.91 Å². The first-order valence-electron chi connectivity index (χ1n) is 12.0. The third-order valence-electron chi connectivity index (χ3n) is 7.36. The van der Waals surface area contributed by atoms with Gasteiger partial charge in [-0.25, -0.2) is 4.98 Å². The molecule has 0 radical (unpaired) electrons. The zero-order chi connectivity index (χ0) is 22.6. The van der Waals surface area contributed by atoms with Gasteiger partial charge in [0.1, 0.15) is 0 Å². The van der Waals surface area contributed by atoms with E-state index in [1.807, 2.05) is 11.8 Å². The third kappa shape index (κ3) is 3.94. The van der Waals surface area contributed by atoms with Gasteiger partial charge in [-0.1, -0.05) is 13.8 Å². The van der Waals surface area contributed by atoms with E-state index in [1.165, 1.54) is 41.6 Å². The molecule has 0 spiro atoms. The standard InChI is InChI=1S/C26H35N3O3/c1-16(2)23-13-28(8-9-29(23)25(30)24-17(3)27-15-31-24)20-10-19-12-26(4,5)32-14-22(19)21(11-20)18-6-7-18/h10-11,15-16,18,23H,6-9,12-14H2,1-5H3/t23-/m0/s1. The van der Waals surface area contributed by atoms with Crippen molar-refractivity contribution in [2.45, 2.75) is 78.0 Å². The maximum atomic E-state index is 13.2. The van der Waals surface area contributed by atoms with Crippen LogP contribution in [0.1, 0.15) is 79.4 Å². The zero-order valence-corrected chi connectivity index (χ0v) is 20.0. The van der Waals surface area contributed by atoms with E-state index in [2.05, 4.69) is 49.7 Å². The number of fused-ring (bicyclic) bond motifs is 1. The second kappa shape index (κ2) is 7.91. The summed E-state index contributed by atoms with van der Waals surface area (Å²) in [4.78, 5) is 21.8. The molecule has 32 heavy (non-hydrogen) atoms. The molecule has 1 amide bonds. The van der Waals surface area contributed by atoms with E-state index in [0.29, 0.717) is 29.8 Å². The number of hydrogen-bond donors (Lipinski definition) is 0. The fourth-order valence-electron chi connectivity index (χ4n) is 5.30. The van der Waals surface area contributed by atoms with Crippen LogP contribution >= 0.6 is 0 Å². The molecule has 6 heteroatoms. The summed E-state index contributed by atoms with van der Waals surface area (Å²) in [6, 6.07) is 4.93. The fraction of sp³-hybridized carbons (Fsp3) is 0.615. The smallest absolute Gasteiger partial charge is 0.291 e. The number of benzene rings is 1. The molecule has 2 aromatic rings. The van der Waals surface area contributed by atoms with Crippen molar-refractivity contribution in [2.24, 2.45) is 5.92 Å². The lowest BCUT2D eigenvalue weighted by Crippen LogP contribution is -2.57. The lowest BCUT2D eigenvalue weighted by molar-refractivity contribution is -0.0404. The van der Waals surface area contributed by atoms with Crippen molar-refractivity contribution in [1.29, 1.82) is 0 Å². The number of piperazine rings is 1. The maximum absolute atomic E-state index is 13.2. The minimum atomic E-state index is -0.118. The van der Waals surface area contributed by atoms with Gasteiger partial charge in [0.05, 0.1) is 23.9 Å². The third-order valence-corrected chi connectivity index (χ3v) is 7.36. The van der Waals surface area contributed by atoms with Crippen molar-refractivity contribution in [2.75, 3.05) is 24.5 Å². The first-order chi connectivity index (χ1) is 15.2. The molecule has 3 aliphatic rings. The number of amides is 1. The number of carbonyl (C=O) groups is 1. The van der Waals surface area contributed by atoms with Crippen molar-refractivity contribution in [3.05, 3.63) is 46.7 Å². The summed E-state index contributed by atoms with van der Waals surface area (Å²) in [6.07, 6.45) is 4.88. The Morgan fingerprint density at radius 3 is 2.66 bits per heavy atom. The van der Waals surface area contributed by atoms with Gasteiger partial charge in [0.2, 0.25) is 5.76 Å². The lowest BCUT2D eigenvalue weighted by atomic mass is 9.87. The van der Waals surface area contributed by atoms with Crippen LogP contribution in [0.4, 0.5) is 5.69 Å². The molecule has 3 heterocycles. The van der Waals surface area contributed by atoms with Gasteiger partial charge >= 0.3 is 0 Å². The molecule has 0 N–H and O–H groups in total. The van der Waals surface area contributed by atoms with Crippen molar-refractivity contribution < 1.29 is 13.9 Å². The van der Waals surface area contributed by atoms with Gasteiger partial charge in [0, 0.05) is 31.7 Å². The summed E-state index contributed by atoms with van der Waals surface area (Å²) >= 11 is 0. The van der Waals surface area contributed by atoms with Crippen molar-refractivity contribution in [1.82, 2.24) is 9.88 Å². The van der Waals surface area contributed by atoms with Crippen LogP contribution in [0.3, 0.4) is 0 Å². The van der Waals surface area contributed by atoms with E-state index in [0.717, 1.165) is 26.1 Å². The van der Waals surface area contributed by atoms with Gasteiger partial charge < -0.3 is 19.0 Å². The molecule has 0 bridgehead atoms. The van der Waals surface area contributed by atoms with Gasteiger partial charge in [0.15, 0.2) is 6.39 Å². The number of rotatable bonds is 4. The van der Waals surface area contributed by atoms with Gasteiger partial charge in [-0.05, 0) is 74.3 Å². The van der Waals surface area contributed by atoms with Crippen LogP contribution < -0.4 is 4.90 Å². The monoisotopic (exact) mass is 437 g/mol. The molecule has 6 nitrogen and oxygen atoms in total. The SMILES string of the molecule is Cc1ncoc1C(=O)N1CCN(c2cc3c(c(C4CC4)c2)COC(C)(C)C3)C[C@H]1C(C)C. The molecule has 172 valence electrons. The van der Waals surface area contributed by atoms with E-state index in [-0.39, 0.29) is 17.6 Å². The van der Waals surface area contributed by atoms with E-state index in [9.17, 15) is 4.79 Å². The number of hydrogen-bond acceptors (Lipinski definition) is 5. The number of anilines is 1. The summed E-state index contributed by atoms with van der Waals surface area (Å²) in [5.41, 5.74) is 6.20. The zero-order valence-electron chi connectivity index (χ0n) is 20.0. The van der Waals surface area contributed by atoms with Crippen molar-refractivity contribution in [3.63, 3.8) is 0 Å². The maximum Gasteiger partial charge on any atom is 0.291 e. The summed E-state index contributed by atoms with van der Waals surface area (Å²) in [5.74, 6) is 1.36. The fourth-order valence-corrected chi connectivity index (χ4v) is 5.30. The second-order valence-electron chi connectivity index (χ2n) is 10.7. The highest BCUT2D eigenvalue weighted by Gasteiger charge is 2.37. The number of aromatic nitrogens is 1. The Kier molecular flexibility index (Phi) is 5.31. The minimum Gasteiger partial charge on any atom is -0.438 e. The van der Waals surface area contributed by atoms with Crippen LogP contribution in [0.15, 0.2) is 22.9 Å². The first kappa shape index (κ1) is 21.5. The molecule has 0 unspecified atom stereocenters. The molecular formula is C26H35N3O3. The number of ether oxygens (including phenoxy) is 1. The van der Waals surface area contributed by atoms with Crippen LogP contribution in [-0.4, -0.2) is 47.1 Å². The average molecular weight is 438 g/mol. The first-order valence-corrected chi connectivity index (χ1v) is 12.0. The Hall–Kier alpha value is -2.34. The summed E-state index contributed by atoms with van der Waals surface area (Å²) in [7, 11) is 0. The van der Waals surface area contributed by atoms with Gasteiger partial charge in [-0.2, -0.15) is 0 Å². The second-order valence-corrected chi connectivity index (χ2v) is 10.7. The van der Waals surface area contributed by atoms with Crippen molar-refractivity contribution >= 4 is 11.6 Å². The summed E-state index contributed by atoms with van der Waals surface area (Å²) in [5, 5.41) is 0. The Balaban J connectivity index is 1.43. The molecule has 1 aromatic carbocycles. The van der Waals surface area contributed by atoms with Gasteiger partial charge in [-0.3, -0.25) is 4.79 Å². The number of oxazole rings is 1. The molecule has 1 aliphatic carbocycles. The molecular weight excluding hydrogens is 402 g/mol. The number of aryl methyl sites for hydroxylation is 1. The van der Waals surface area contributed by atoms with Crippen LogP contribution in [0.2, 0.25) is 0 Å².